The first-order valence-electron chi connectivity index (χ1n) is 37.4. The standard InChI is InChI=1S/C16H14O2.C9H10O2.C9H18O2.C9H12O.C8H10.C7H18Si.C6H12O2.C5H8O2.C5H12.C5H10.C3H6O.C3H8.2C2H6/c1-11(17)18-10-16-14-8-4-2-6-12(14)13-7-3-5-9-15(13)16;1-8(10)11-7-9-5-3-2-4-6-9;1-8(2)6-4-5-7-11-9(3)10;1-2-8-3-5-9(7-10)6-4-8;1-2-8-6-4-3-5-7-8;1-7(2)6-8(3,4)5;1-5(2)4-8-6(3)7;1-3-4-7-5(2)6;1-4-5(2)3;1-3-5-4-2;1-3(2)4;1-3-2;2*1-2/h2-9,16H,10H2,1H3;2-6H,7H2,1H3;8H,4-7H2,1-3H3;3-6,10H,2,7H2,1H3;3-7H,2H2,1H3;7H,6H2,1-5H3;5H,4H2,1-3H3;3H,1,4H2,2H3;5H,4H2,1-3H3;3H,1,4-5H2,2H3;1-2H3;3H2,1-2H3;2*1-2H3. The van der Waals surface area contributed by atoms with Crippen LogP contribution >= 0.6 is 0 Å². The van der Waals surface area contributed by atoms with Crippen molar-refractivity contribution in [3.8, 4) is 11.1 Å². The largest absolute Gasteiger partial charge is 0.466 e. The van der Waals surface area contributed by atoms with Crippen molar-refractivity contribution in [1.82, 2.24) is 0 Å². The van der Waals surface area contributed by atoms with Crippen LogP contribution in [0.15, 0.2) is 159 Å². The van der Waals surface area contributed by atoms with E-state index in [9.17, 15) is 28.8 Å². The number of ketones is 1. The molecule has 0 radical (unpaired) electrons. The molecule has 1 aliphatic rings. The van der Waals surface area contributed by atoms with E-state index in [0.717, 1.165) is 61.0 Å². The summed E-state index contributed by atoms with van der Waals surface area (Å²) in [5.74, 6) is 2.23. The van der Waals surface area contributed by atoms with Crippen LogP contribution in [0.2, 0.25) is 25.7 Å². The lowest BCUT2D eigenvalue weighted by molar-refractivity contribution is -0.143. The van der Waals surface area contributed by atoms with Crippen molar-refractivity contribution < 1.29 is 57.6 Å². The summed E-state index contributed by atoms with van der Waals surface area (Å²) in [6.45, 7) is 65.0. The van der Waals surface area contributed by atoms with Crippen LogP contribution in [0.3, 0.4) is 0 Å². The maximum atomic E-state index is 11.0. The number of aliphatic hydroxyl groups is 1. The highest BCUT2D eigenvalue weighted by Crippen LogP contribution is 2.44. The number of ether oxygens (including phenoxy) is 5. The van der Waals surface area contributed by atoms with Gasteiger partial charge in [-0.3, -0.25) is 24.0 Å². The highest BCUT2D eigenvalue weighted by atomic mass is 28.3. The number of fused-ring (bicyclic) bond motifs is 3. The van der Waals surface area contributed by atoms with Crippen molar-refractivity contribution in [2.75, 3.05) is 26.4 Å². The third-order valence-corrected chi connectivity index (χ3v) is 14.4. The lowest BCUT2D eigenvalue weighted by Crippen LogP contribution is -2.21. The van der Waals surface area contributed by atoms with Gasteiger partial charge in [0.05, 0.1) is 19.8 Å². The zero-order chi connectivity index (χ0) is 80.3. The van der Waals surface area contributed by atoms with Gasteiger partial charge in [-0.1, -0.05) is 328 Å². The molecule has 0 amide bonds. The Kier molecular flexibility index (Phi) is 86.2. The molecule has 0 heterocycles. The van der Waals surface area contributed by atoms with Crippen LogP contribution in [0, 0.1) is 23.7 Å². The van der Waals surface area contributed by atoms with E-state index in [1.165, 1.54) is 120 Å². The van der Waals surface area contributed by atoms with Gasteiger partial charge in [0.1, 0.15) is 25.6 Å². The van der Waals surface area contributed by atoms with Crippen molar-refractivity contribution in [2.45, 2.75) is 276 Å². The molecule has 0 aromatic heterocycles. The lowest BCUT2D eigenvalue weighted by atomic mass is 9.98. The highest BCUT2D eigenvalue weighted by molar-refractivity contribution is 6.76. The summed E-state index contributed by atoms with van der Waals surface area (Å²) in [6.07, 6.45) is 14.0. The van der Waals surface area contributed by atoms with Gasteiger partial charge in [-0.05, 0) is 114 Å². The lowest BCUT2D eigenvalue weighted by Gasteiger charge is -2.17. The Morgan fingerprint density at radius 2 is 0.833 bits per heavy atom. The Morgan fingerprint density at radius 1 is 0.461 bits per heavy atom. The first-order valence-corrected chi connectivity index (χ1v) is 41.1. The summed E-state index contributed by atoms with van der Waals surface area (Å²) in [4.78, 5) is 61.2. The number of unbranched alkanes of at least 4 members (excludes halogenated alkanes) is 2. The second-order valence-electron chi connectivity index (χ2n) is 26.1. The average molecular weight is 1440 g/mol. The Morgan fingerprint density at radius 3 is 1.10 bits per heavy atom. The number of benzene rings is 5. The molecular weight excluding hydrogens is 1290 g/mol. The zero-order valence-electron chi connectivity index (χ0n) is 69.9. The van der Waals surface area contributed by atoms with Gasteiger partial charge in [0, 0.05) is 48.6 Å². The minimum absolute atomic E-state index is 0.143. The molecule has 0 spiro atoms. The number of carbonyl (C=O) groups excluding carboxylic acids is 6. The number of aryl methyl sites for hydroxylation is 2. The van der Waals surface area contributed by atoms with Gasteiger partial charge in [0.2, 0.25) is 0 Å². The number of hydrogen-bond donors (Lipinski definition) is 1. The molecule has 0 bridgehead atoms. The Hall–Kier alpha value is -7.22. The fraction of sp³-hybridized carbons (Fsp3) is 0.551. The summed E-state index contributed by atoms with van der Waals surface area (Å²) in [5, 5.41) is 8.70. The van der Waals surface area contributed by atoms with Crippen LogP contribution in [0.4, 0.5) is 0 Å². The van der Waals surface area contributed by atoms with E-state index in [1.807, 2.05) is 133 Å². The van der Waals surface area contributed by atoms with E-state index < -0.39 is 8.07 Å². The average Bonchev–Trinajstić information content (AvgIpc) is 1.62. The third kappa shape index (κ3) is 87.0. The number of esters is 5. The molecule has 102 heavy (non-hydrogen) atoms. The molecule has 5 aromatic carbocycles. The monoisotopic (exact) mass is 1440 g/mol. The molecule has 0 atom stereocenters. The van der Waals surface area contributed by atoms with Crippen molar-refractivity contribution >= 4 is 43.7 Å². The SMILES string of the molecule is C=CCCC.C=CCOC(C)=O.CC.CC.CC(=O)OCC(C)C.CC(=O)OCC1c2ccccc2-c2ccccc21.CC(=O)OCCCCC(C)C.CC(=O)OCc1ccccc1.CC(C)=O.CC(C)C[Si](C)(C)C.CCC.CCC(C)C.CCc1ccc(CO)cc1.CCc1ccccc1. The van der Waals surface area contributed by atoms with Gasteiger partial charge in [0.25, 0.3) is 0 Å². The van der Waals surface area contributed by atoms with Crippen LogP contribution in [0.5, 0.6) is 0 Å². The van der Waals surface area contributed by atoms with E-state index in [0.29, 0.717) is 39.0 Å². The van der Waals surface area contributed by atoms with Crippen LogP contribution in [0.1, 0.15) is 257 Å². The number of carbonyl (C=O) groups is 6. The van der Waals surface area contributed by atoms with Crippen molar-refractivity contribution in [3.63, 3.8) is 0 Å². The number of rotatable bonds is 21. The second kappa shape index (κ2) is 79.5. The maximum absolute atomic E-state index is 11.0. The molecule has 1 N–H and O–H groups in total. The second-order valence-corrected chi connectivity index (χ2v) is 31.7. The topological polar surface area (TPSA) is 169 Å². The minimum atomic E-state index is -0.720. The first-order chi connectivity index (χ1) is 48.1. The fourth-order valence-corrected chi connectivity index (χ4v) is 10.2. The molecule has 0 fully saturated rings. The molecule has 0 aliphatic heterocycles. The molecule has 0 saturated carbocycles. The zero-order valence-corrected chi connectivity index (χ0v) is 70.9. The van der Waals surface area contributed by atoms with Crippen molar-refractivity contribution in [2.24, 2.45) is 23.7 Å². The summed E-state index contributed by atoms with van der Waals surface area (Å²) >= 11 is 0. The molecule has 6 rings (SSSR count). The summed E-state index contributed by atoms with van der Waals surface area (Å²) in [5.41, 5.74) is 9.74. The Labute approximate surface area is 627 Å². The number of Topliss-reactive ketones (excluding diaryl/α,β-unsaturated/α-hetero) is 1. The van der Waals surface area contributed by atoms with E-state index >= 15 is 0 Å². The third-order valence-electron chi connectivity index (χ3n) is 12.4. The van der Waals surface area contributed by atoms with E-state index in [4.69, 9.17) is 19.3 Å². The quantitative estimate of drug-likeness (QED) is 0.0243. The van der Waals surface area contributed by atoms with E-state index in [2.05, 4.69) is 174 Å². The van der Waals surface area contributed by atoms with Crippen molar-refractivity contribution in [3.05, 3.63) is 192 Å². The normalized spacial score (nSPS) is 9.70. The molecule has 12 nitrogen and oxygen atoms in total. The molecule has 582 valence electrons. The maximum Gasteiger partial charge on any atom is 0.302 e. The minimum Gasteiger partial charge on any atom is -0.466 e. The first kappa shape index (κ1) is 111. The van der Waals surface area contributed by atoms with Gasteiger partial charge < -0.3 is 33.6 Å². The van der Waals surface area contributed by atoms with E-state index in [-0.39, 0.29) is 48.2 Å². The highest BCUT2D eigenvalue weighted by Gasteiger charge is 2.28. The molecule has 1 aliphatic carbocycles. The van der Waals surface area contributed by atoms with Gasteiger partial charge in [-0.25, -0.2) is 0 Å². The number of hydrogen-bond acceptors (Lipinski definition) is 12. The summed E-state index contributed by atoms with van der Waals surface area (Å²) in [7, 11) is -0.720. The predicted molar refractivity (Wildman–Crippen MR) is 442 cm³/mol. The van der Waals surface area contributed by atoms with E-state index in [1.54, 1.807) is 0 Å². The molecule has 13 heteroatoms. The molecule has 0 unspecified atom stereocenters. The molecular formula is C89H150O12Si. The number of aliphatic hydroxyl groups excluding tert-OH is 1. The van der Waals surface area contributed by atoms with Gasteiger partial charge >= 0.3 is 29.8 Å². The van der Waals surface area contributed by atoms with Crippen molar-refractivity contribution in [1.29, 1.82) is 0 Å². The van der Waals surface area contributed by atoms with Crippen LogP contribution in [-0.4, -0.2) is 75.2 Å². The number of allylic oxidation sites excluding steroid dienone is 1. The molecule has 0 saturated heterocycles. The van der Waals surface area contributed by atoms with Gasteiger partial charge in [0.15, 0.2) is 0 Å². The predicted octanol–water partition coefficient (Wildman–Crippen LogP) is 24.5. The van der Waals surface area contributed by atoms with Gasteiger partial charge in [-0.2, -0.15) is 0 Å². The van der Waals surface area contributed by atoms with Gasteiger partial charge in [-0.15, -0.1) is 6.58 Å². The fourth-order valence-electron chi connectivity index (χ4n) is 7.75. The molecule has 5 aromatic rings. The summed E-state index contributed by atoms with van der Waals surface area (Å²) in [6, 6.07) is 46.2. The van der Waals surface area contributed by atoms with Crippen LogP contribution in [0.25, 0.3) is 11.1 Å². The smallest absolute Gasteiger partial charge is 0.302 e. The Balaban J connectivity index is -0.000000161. The Bertz CT molecular complexity index is 2640. The van der Waals surface area contributed by atoms with Crippen LogP contribution in [-0.2, 0) is 78.5 Å². The summed E-state index contributed by atoms with van der Waals surface area (Å²) < 4.78 is 23.9. The van der Waals surface area contributed by atoms with Crippen LogP contribution < -0.4 is 0 Å².